The predicted octanol–water partition coefficient (Wildman–Crippen LogP) is 6.19. The number of ether oxygens (including phenoxy) is 1. The van der Waals surface area contributed by atoms with E-state index in [1.807, 2.05) is 0 Å². The average molecular weight is 268 g/mol. The summed E-state index contributed by atoms with van der Waals surface area (Å²) in [5.41, 5.74) is 0.389. The Kier molecular flexibility index (Phi) is 5.37. The van der Waals surface area contributed by atoms with Gasteiger partial charge in [-0.05, 0) is 37.5 Å². The van der Waals surface area contributed by atoms with Gasteiger partial charge in [0.15, 0.2) is 0 Å². The van der Waals surface area contributed by atoms with Crippen LogP contribution < -0.4 is 0 Å². The van der Waals surface area contributed by atoms with Gasteiger partial charge in [0.25, 0.3) is 0 Å². The summed E-state index contributed by atoms with van der Waals surface area (Å²) in [4.78, 5) is 0. The van der Waals surface area contributed by atoms with Gasteiger partial charge in [-0.25, -0.2) is 0 Å². The molecule has 0 spiro atoms. The molecule has 0 bridgehead atoms. The lowest BCUT2D eigenvalue weighted by Gasteiger charge is -2.40. The van der Waals surface area contributed by atoms with Gasteiger partial charge in [-0.15, -0.1) is 0 Å². The van der Waals surface area contributed by atoms with E-state index in [0.29, 0.717) is 0 Å². The van der Waals surface area contributed by atoms with E-state index in [1.54, 1.807) is 0 Å². The van der Waals surface area contributed by atoms with Crippen molar-refractivity contribution in [1.29, 1.82) is 0 Å². The van der Waals surface area contributed by atoms with Crippen LogP contribution in [0.1, 0.15) is 82.1 Å². The SMILES string of the molecule is C=C(OC(C)(C)CC(C)(C)C)C(C)(C)CC(C)(C)C. The normalized spacial score (nSPS) is 14.4. The second-order valence-electron chi connectivity index (χ2n) is 9.64. The monoisotopic (exact) mass is 268 g/mol. The third-order valence-corrected chi connectivity index (χ3v) is 3.08. The molecular formula is C18H36O. The van der Waals surface area contributed by atoms with Crippen molar-refractivity contribution in [1.82, 2.24) is 0 Å². The van der Waals surface area contributed by atoms with Crippen molar-refractivity contribution in [3.05, 3.63) is 12.3 Å². The van der Waals surface area contributed by atoms with Gasteiger partial charge < -0.3 is 4.74 Å². The fourth-order valence-electron chi connectivity index (χ4n) is 3.21. The van der Waals surface area contributed by atoms with Crippen molar-refractivity contribution < 1.29 is 4.74 Å². The summed E-state index contributed by atoms with van der Waals surface area (Å²) >= 11 is 0. The van der Waals surface area contributed by atoms with Crippen LogP contribution in [0, 0.1) is 16.2 Å². The molecule has 0 saturated carbocycles. The zero-order valence-electron chi connectivity index (χ0n) is 15.0. The van der Waals surface area contributed by atoms with Crippen molar-refractivity contribution in [2.24, 2.45) is 16.2 Å². The first-order valence-electron chi connectivity index (χ1n) is 7.43. The molecule has 1 heteroatoms. The molecule has 114 valence electrons. The van der Waals surface area contributed by atoms with E-state index in [9.17, 15) is 0 Å². The van der Waals surface area contributed by atoms with Crippen LogP contribution in [0.15, 0.2) is 12.3 Å². The number of hydrogen-bond donors (Lipinski definition) is 0. The first kappa shape index (κ1) is 18.5. The zero-order valence-corrected chi connectivity index (χ0v) is 15.0. The molecular weight excluding hydrogens is 232 g/mol. The highest BCUT2D eigenvalue weighted by Crippen LogP contribution is 2.41. The third-order valence-electron chi connectivity index (χ3n) is 3.08. The molecule has 0 radical (unpaired) electrons. The second kappa shape index (κ2) is 5.50. The van der Waals surface area contributed by atoms with E-state index in [2.05, 4.69) is 75.8 Å². The van der Waals surface area contributed by atoms with E-state index in [1.165, 1.54) is 0 Å². The summed E-state index contributed by atoms with van der Waals surface area (Å²) in [6, 6.07) is 0. The molecule has 0 amide bonds. The Morgan fingerprint density at radius 3 is 1.42 bits per heavy atom. The van der Waals surface area contributed by atoms with Crippen LogP contribution in [0.2, 0.25) is 0 Å². The van der Waals surface area contributed by atoms with E-state index in [-0.39, 0.29) is 21.8 Å². The van der Waals surface area contributed by atoms with Crippen LogP contribution in [-0.2, 0) is 4.74 Å². The Labute approximate surface area is 121 Å². The average Bonchev–Trinajstić information content (AvgIpc) is 1.91. The topological polar surface area (TPSA) is 9.23 Å². The maximum atomic E-state index is 6.23. The Balaban J connectivity index is 4.76. The van der Waals surface area contributed by atoms with Gasteiger partial charge in [0, 0.05) is 5.41 Å². The number of rotatable bonds is 5. The molecule has 0 saturated heterocycles. The lowest BCUT2D eigenvalue weighted by Crippen LogP contribution is -2.34. The standard InChI is InChI=1S/C18H36O/c1-14(17(8,9)12-15(2,3)4)19-18(10,11)13-16(5,6)7/h1,12-13H2,2-11H3. The molecule has 0 atom stereocenters. The highest BCUT2D eigenvalue weighted by molar-refractivity contribution is 5.02. The van der Waals surface area contributed by atoms with Crippen molar-refractivity contribution in [3.8, 4) is 0 Å². The quantitative estimate of drug-likeness (QED) is 0.540. The molecule has 0 aromatic rings. The smallest absolute Gasteiger partial charge is 0.103 e. The van der Waals surface area contributed by atoms with Gasteiger partial charge in [-0.3, -0.25) is 0 Å². The largest absolute Gasteiger partial charge is 0.492 e. The number of hydrogen-bond acceptors (Lipinski definition) is 1. The van der Waals surface area contributed by atoms with Crippen LogP contribution in [0.5, 0.6) is 0 Å². The van der Waals surface area contributed by atoms with Crippen LogP contribution in [0.25, 0.3) is 0 Å². The molecule has 0 aliphatic heterocycles. The van der Waals surface area contributed by atoms with Crippen LogP contribution in [-0.4, -0.2) is 5.60 Å². The highest BCUT2D eigenvalue weighted by atomic mass is 16.5. The molecule has 19 heavy (non-hydrogen) atoms. The van der Waals surface area contributed by atoms with E-state index in [4.69, 9.17) is 4.74 Å². The molecule has 0 aromatic heterocycles. The Hall–Kier alpha value is -0.460. The van der Waals surface area contributed by atoms with Crippen molar-refractivity contribution >= 4 is 0 Å². The predicted molar refractivity (Wildman–Crippen MR) is 86.2 cm³/mol. The minimum Gasteiger partial charge on any atom is -0.492 e. The maximum absolute atomic E-state index is 6.23. The Morgan fingerprint density at radius 2 is 1.11 bits per heavy atom. The Morgan fingerprint density at radius 1 is 0.737 bits per heavy atom. The molecule has 0 fully saturated rings. The molecule has 0 aliphatic carbocycles. The minimum atomic E-state index is -0.162. The summed E-state index contributed by atoms with van der Waals surface area (Å²) in [6.07, 6.45) is 2.09. The summed E-state index contributed by atoms with van der Waals surface area (Å²) in [6.45, 7) is 26.5. The van der Waals surface area contributed by atoms with Gasteiger partial charge in [-0.2, -0.15) is 0 Å². The van der Waals surface area contributed by atoms with Gasteiger partial charge in [0.1, 0.15) is 5.60 Å². The van der Waals surface area contributed by atoms with Gasteiger partial charge >= 0.3 is 0 Å². The van der Waals surface area contributed by atoms with Crippen molar-refractivity contribution in [2.45, 2.75) is 87.7 Å². The lowest BCUT2D eigenvalue weighted by atomic mass is 9.75. The van der Waals surface area contributed by atoms with Crippen LogP contribution in [0.4, 0.5) is 0 Å². The number of allylic oxidation sites excluding steroid dienone is 1. The molecule has 1 nitrogen and oxygen atoms in total. The third kappa shape index (κ3) is 8.34. The highest BCUT2D eigenvalue weighted by Gasteiger charge is 2.34. The van der Waals surface area contributed by atoms with E-state index >= 15 is 0 Å². The van der Waals surface area contributed by atoms with Crippen molar-refractivity contribution in [2.75, 3.05) is 0 Å². The molecule has 0 heterocycles. The van der Waals surface area contributed by atoms with E-state index in [0.717, 1.165) is 18.6 Å². The lowest BCUT2D eigenvalue weighted by molar-refractivity contribution is -0.0286. The van der Waals surface area contributed by atoms with Gasteiger partial charge in [0.2, 0.25) is 0 Å². The molecule has 0 aromatic carbocycles. The summed E-state index contributed by atoms with van der Waals surface area (Å²) < 4.78 is 6.23. The summed E-state index contributed by atoms with van der Waals surface area (Å²) in [5, 5.41) is 0. The fourth-order valence-corrected chi connectivity index (χ4v) is 3.21. The summed E-state index contributed by atoms with van der Waals surface area (Å²) in [5.74, 6) is 0.914. The minimum absolute atomic E-state index is 0.00735. The fraction of sp³-hybridized carbons (Fsp3) is 0.889. The molecule has 0 N–H and O–H groups in total. The van der Waals surface area contributed by atoms with Crippen LogP contribution in [0.3, 0.4) is 0 Å². The first-order valence-corrected chi connectivity index (χ1v) is 7.43. The van der Waals surface area contributed by atoms with Crippen molar-refractivity contribution in [3.63, 3.8) is 0 Å². The maximum Gasteiger partial charge on any atom is 0.103 e. The summed E-state index contributed by atoms with van der Waals surface area (Å²) in [7, 11) is 0. The molecule has 0 rings (SSSR count). The first-order chi connectivity index (χ1) is 8.04. The molecule has 0 unspecified atom stereocenters. The van der Waals surface area contributed by atoms with Gasteiger partial charge in [-0.1, -0.05) is 62.0 Å². The van der Waals surface area contributed by atoms with Gasteiger partial charge in [0.05, 0.1) is 5.76 Å². The molecule has 0 aliphatic rings. The Bertz CT molecular complexity index is 308. The van der Waals surface area contributed by atoms with Crippen LogP contribution >= 0.6 is 0 Å². The second-order valence-corrected chi connectivity index (χ2v) is 9.64. The zero-order chi connectivity index (χ0) is 15.7. The van der Waals surface area contributed by atoms with E-state index < -0.39 is 0 Å².